The summed E-state index contributed by atoms with van der Waals surface area (Å²) < 4.78 is 0. The van der Waals surface area contributed by atoms with E-state index in [2.05, 4.69) is 25.9 Å². The Balaban J connectivity index is 1.60. The number of benzene rings is 2. The standard InChI is InChI=1S/C18H16Cl2N6O2/c19-12-7-6-11(8-13(12)20)22-15(27)9-14-16(28)25-18(24-14)26-17(21)23-10-4-2-1-3-5-10/h1-8,14H,9H2,(H,22,27)(H4,21,23,24,25,26,28). The van der Waals surface area contributed by atoms with Crippen molar-refractivity contribution in [2.45, 2.75) is 12.5 Å². The van der Waals surface area contributed by atoms with Crippen LogP contribution in [-0.2, 0) is 9.59 Å². The molecule has 0 bridgehead atoms. The Morgan fingerprint density at radius 1 is 1.11 bits per heavy atom. The number of nitrogens with one attached hydrogen (secondary N) is 3. The van der Waals surface area contributed by atoms with Crippen molar-refractivity contribution in [1.82, 2.24) is 5.32 Å². The number of hydrogen-bond donors (Lipinski definition) is 4. The van der Waals surface area contributed by atoms with Crippen LogP contribution in [0.1, 0.15) is 6.42 Å². The van der Waals surface area contributed by atoms with Crippen molar-refractivity contribution in [2.24, 2.45) is 15.7 Å². The topological polar surface area (TPSA) is 121 Å². The van der Waals surface area contributed by atoms with Gasteiger partial charge in [0.05, 0.1) is 16.5 Å². The van der Waals surface area contributed by atoms with Crippen LogP contribution in [-0.4, -0.2) is 29.8 Å². The number of carbonyl (C=O) groups excluding carboxylic acids is 2. The summed E-state index contributed by atoms with van der Waals surface area (Å²) in [6.45, 7) is 0. The van der Waals surface area contributed by atoms with Gasteiger partial charge < -0.3 is 16.4 Å². The maximum absolute atomic E-state index is 12.2. The molecule has 0 aliphatic carbocycles. The number of hydrogen-bond acceptors (Lipinski definition) is 4. The zero-order valence-corrected chi connectivity index (χ0v) is 16.0. The highest BCUT2D eigenvalue weighted by Gasteiger charge is 2.28. The fourth-order valence-electron chi connectivity index (χ4n) is 2.40. The van der Waals surface area contributed by atoms with Gasteiger partial charge in [0.25, 0.3) is 5.91 Å². The van der Waals surface area contributed by atoms with Crippen LogP contribution in [0.15, 0.2) is 58.5 Å². The number of amides is 2. The second-order valence-corrected chi connectivity index (χ2v) is 6.64. The number of halogens is 2. The summed E-state index contributed by atoms with van der Waals surface area (Å²) in [6.07, 6.45) is -0.156. The summed E-state index contributed by atoms with van der Waals surface area (Å²) >= 11 is 11.8. The highest BCUT2D eigenvalue weighted by atomic mass is 35.5. The highest BCUT2D eigenvalue weighted by Crippen LogP contribution is 2.25. The largest absolute Gasteiger partial charge is 0.369 e. The smallest absolute Gasteiger partial charge is 0.252 e. The van der Waals surface area contributed by atoms with Crippen molar-refractivity contribution in [3.05, 3.63) is 58.6 Å². The summed E-state index contributed by atoms with van der Waals surface area (Å²) in [5.41, 5.74) is 7.02. The zero-order valence-electron chi connectivity index (χ0n) is 14.4. The molecule has 1 heterocycles. The predicted molar refractivity (Wildman–Crippen MR) is 111 cm³/mol. The summed E-state index contributed by atoms with van der Waals surface area (Å²) in [7, 11) is 0. The molecule has 144 valence electrons. The van der Waals surface area contributed by atoms with E-state index in [0.717, 1.165) is 5.69 Å². The van der Waals surface area contributed by atoms with E-state index in [9.17, 15) is 9.59 Å². The molecule has 0 saturated heterocycles. The zero-order chi connectivity index (χ0) is 20.1. The Morgan fingerprint density at radius 3 is 2.57 bits per heavy atom. The quantitative estimate of drug-likeness (QED) is 0.450. The fourth-order valence-corrected chi connectivity index (χ4v) is 2.70. The molecule has 0 saturated carbocycles. The number of para-hydroxylation sites is 1. The summed E-state index contributed by atoms with van der Waals surface area (Å²) in [4.78, 5) is 32.3. The van der Waals surface area contributed by atoms with Gasteiger partial charge in [0.2, 0.25) is 17.8 Å². The van der Waals surface area contributed by atoms with Crippen LogP contribution in [0.25, 0.3) is 0 Å². The van der Waals surface area contributed by atoms with Gasteiger partial charge in [-0.05, 0) is 30.3 Å². The van der Waals surface area contributed by atoms with Crippen LogP contribution in [0, 0.1) is 0 Å². The third kappa shape index (κ3) is 5.21. The molecule has 28 heavy (non-hydrogen) atoms. The summed E-state index contributed by atoms with van der Waals surface area (Å²) in [6, 6.07) is 13.0. The monoisotopic (exact) mass is 418 g/mol. The van der Waals surface area contributed by atoms with Gasteiger partial charge in [-0.2, -0.15) is 4.99 Å². The van der Waals surface area contributed by atoms with Crippen molar-refractivity contribution in [3.8, 4) is 0 Å². The first-order valence-corrected chi connectivity index (χ1v) is 8.96. The molecule has 10 heteroatoms. The van der Waals surface area contributed by atoms with Crippen molar-refractivity contribution in [2.75, 3.05) is 10.6 Å². The highest BCUT2D eigenvalue weighted by molar-refractivity contribution is 6.42. The lowest BCUT2D eigenvalue weighted by Gasteiger charge is -2.07. The maximum atomic E-state index is 12.2. The predicted octanol–water partition coefficient (Wildman–Crippen LogP) is 2.60. The minimum absolute atomic E-state index is 0.0401. The normalized spacial score (nSPS) is 16.4. The van der Waals surface area contributed by atoms with E-state index in [1.165, 1.54) is 6.07 Å². The molecular formula is C18H16Cl2N6O2. The molecular weight excluding hydrogens is 403 g/mol. The molecule has 0 radical (unpaired) electrons. The second kappa shape index (κ2) is 8.73. The Hall–Kier alpha value is -3.10. The number of anilines is 2. The van der Waals surface area contributed by atoms with Crippen LogP contribution in [0.4, 0.5) is 11.4 Å². The van der Waals surface area contributed by atoms with Crippen molar-refractivity contribution in [3.63, 3.8) is 0 Å². The molecule has 1 unspecified atom stereocenters. The average molecular weight is 419 g/mol. The van der Waals surface area contributed by atoms with Gasteiger partial charge in [-0.15, -0.1) is 0 Å². The van der Waals surface area contributed by atoms with Crippen LogP contribution in [0.5, 0.6) is 0 Å². The van der Waals surface area contributed by atoms with Gasteiger partial charge >= 0.3 is 0 Å². The van der Waals surface area contributed by atoms with Gasteiger partial charge in [0, 0.05) is 11.4 Å². The van der Waals surface area contributed by atoms with Gasteiger partial charge in [0.1, 0.15) is 6.04 Å². The van der Waals surface area contributed by atoms with Crippen molar-refractivity contribution in [1.29, 1.82) is 0 Å². The maximum Gasteiger partial charge on any atom is 0.252 e. The third-order valence-electron chi connectivity index (χ3n) is 3.67. The Labute approximate surface area is 170 Å². The van der Waals surface area contributed by atoms with E-state index in [1.54, 1.807) is 12.1 Å². The van der Waals surface area contributed by atoms with Crippen LogP contribution in [0.2, 0.25) is 10.0 Å². The summed E-state index contributed by atoms with van der Waals surface area (Å²) in [5.74, 6) is -0.733. The van der Waals surface area contributed by atoms with Crippen LogP contribution >= 0.6 is 23.2 Å². The molecule has 0 spiro atoms. The minimum atomic E-state index is -0.897. The minimum Gasteiger partial charge on any atom is -0.369 e. The van der Waals surface area contributed by atoms with Crippen molar-refractivity contribution < 1.29 is 9.59 Å². The van der Waals surface area contributed by atoms with Gasteiger partial charge in [-0.25, -0.2) is 4.99 Å². The molecule has 8 nitrogen and oxygen atoms in total. The molecule has 0 aromatic heterocycles. The van der Waals surface area contributed by atoms with Gasteiger partial charge in [-0.3, -0.25) is 14.9 Å². The SMILES string of the molecule is N/C(=N\C1=NC(CC(=O)Nc2ccc(Cl)c(Cl)c2)C(=O)N1)Nc1ccccc1. The number of guanidine groups is 2. The molecule has 1 aliphatic heterocycles. The van der Waals surface area contributed by atoms with E-state index in [-0.39, 0.29) is 18.3 Å². The van der Waals surface area contributed by atoms with Crippen LogP contribution < -0.4 is 21.7 Å². The first-order valence-electron chi connectivity index (χ1n) is 8.20. The molecule has 2 aromatic carbocycles. The molecule has 2 amide bonds. The van der Waals surface area contributed by atoms with E-state index in [4.69, 9.17) is 28.9 Å². The molecule has 2 aromatic rings. The van der Waals surface area contributed by atoms with E-state index in [1.807, 2.05) is 30.3 Å². The average Bonchev–Trinajstić information content (AvgIpc) is 2.97. The lowest BCUT2D eigenvalue weighted by atomic mass is 10.2. The molecule has 1 aliphatic rings. The van der Waals surface area contributed by atoms with Crippen LogP contribution in [0.3, 0.4) is 0 Å². The third-order valence-corrected chi connectivity index (χ3v) is 4.41. The van der Waals surface area contributed by atoms with E-state index < -0.39 is 17.9 Å². The Bertz CT molecular complexity index is 962. The number of carbonyl (C=O) groups is 2. The molecule has 0 fully saturated rings. The van der Waals surface area contributed by atoms with E-state index in [0.29, 0.717) is 15.7 Å². The van der Waals surface area contributed by atoms with E-state index >= 15 is 0 Å². The first kappa shape index (κ1) is 19.7. The van der Waals surface area contributed by atoms with Gasteiger partial charge in [0.15, 0.2) is 0 Å². The van der Waals surface area contributed by atoms with Gasteiger partial charge in [-0.1, -0.05) is 41.4 Å². The summed E-state index contributed by atoms with van der Waals surface area (Å²) in [5, 5.41) is 8.70. The Kier molecular flexibility index (Phi) is 6.13. The lowest BCUT2D eigenvalue weighted by molar-refractivity contribution is -0.123. The number of nitrogens with zero attached hydrogens (tertiary/aromatic N) is 2. The van der Waals surface area contributed by atoms with Crippen molar-refractivity contribution >= 4 is 58.3 Å². The molecule has 3 rings (SSSR count). The Morgan fingerprint density at radius 2 is 1.86 bits per heavy atom. The second-order valence-electron chi connectivity index (χ2n) is 5.83. The fraction of sp³-hybridized carbons (Fsp3) is 0.111. The number of nitrogens with two attached hydrogens (primary N) is 1. The molecule has 1 atom stereocenters. The first-order chi connectivity index (χ1) is 13.4. The number of rotatable bonds is 4. The lowest BCUT2D eigenvalue weighted by Crippen LogP contribution is -2.32. The molecule has 5 N–H and O–H groups in total. The number of aliphatic imine (C=N–C) groups is 2.